The van der Waals surface area contributed by atoms with Crippen molar-refractivity contribution >= 4 is 28.5 Å². The molecule has 8 nitrogen and oxygen atoms in total. The second-order valence-corrected chi connectivity index (χ2v) is 7.95. The molecule has 0 saturated heterocycles. The van der Waals surface area contributed by atoms with Crippen molar-refractivity contribution in [2.75, 3.05) is 0 Å². The summed E-state index contributed by atoms with van der Waals surface area (Å²) < 4.78 is 16.8. The third-order valence-corrected chi connectivity index (χ3v) is 5.37. The minimum Gasteiger partial charge on any atom is -0.479 e. The first-order valence-electron chi connectivity index (χ1n) is 10.6. The number of aliphatic carboxylic acids is 1. The zero-order chi connectivity index (χ0) is 24.2. The molecule has 0 spiro atoms. The minimum absolute atomic E-state index is 0.222. The van der Waals surface area contributed by atoms with Crippen LogP contribution in [0.2, 0.25) is 5.02 Å². The Balaban J connectivity index is 1.71. The van der Waals surface area contributed by atoms with Crippen molar-refractivity contribution in [3.63, 3.8) is 0 Å². The number of halogens is 1. The molecular weight excluding hydrogens is 458 g/mol. The fraction of sp³-hybridized carbons (Fsp3) is 0.200. The van der Waals surface area contributed by atoms with Crippen molar-refractivity contribution in [3.05, 3.63) is 64.8 Å². The molecule has 1 atom stereocenters. The molecule has 0 fully saturated rings. The largest absolute Gasteiger partial charge is 0.479 e. The van der Waals surface area contributed by atoms with Gasteiger partial charge in [0.15, 0.2) is 11.7 Å². The molecule has 4 aromatic rings. The predicted octanol–water partition coefficient (Wildman–Crippen LogP) is 6.01. The maximum Gasteiger partial charge on any atom is 0.344 e. The van der Waals surface area contributed by atoms with Gasteiger partial charge < -0.3 is 19.1 Å². The van der Waals surface area contributed by atoms with E-state index in [2.05, 4.69) is 16.2 Å². The SMILES string of the molecule is CCCc1nc(Oc2ccc(C#N)cc2)ccc1-c1noc2cc(Cl)c(O[C@@H](C)C(=O)O)cc12. The number of fused-ring (bicyclic) bond motifs is 1. The van der Waals surface area contributed by atoms with E-state index in [-0.39, 0.29) is 10.8 Å². The van der Waals surface area contributed by atoms with Gasteiger partial charge in [0.2, 0.25) is 5.88 Å². The van der Waals surface area contributed by atoms with Gasteiger partial charge in [0.1, 0.15) is 17.2 Å². The van der Waals surface area contributed by atoms with E-state index in [4.69, 9.17) is 36.0 Å². The van der Waals surface area contributed by atoms with Gasteiger partial charge in [0.05, 0.1) is 27.7 Å². The number of hydrogen-bond donors (Lipinski definition) is 1. The quantitative estimate of drug-likeness (QED) is 0.327. The first-order valence-corrected chi connectivity index (χ1v) is 10.9. The number of ether oxygens (including phenoxy) is 2. The van der Waals surface area contributed by atoms with Gasteiger partial charge in [0, 0.05) is 17.7 Å². The number of benzene rings is 2. The molecule has 2 aromatic carbocycles. The van der Waals surface area contributed by atoms with Crippen molar-refractivity contribution in [2.24, 2.45) is 0 Å². The number of carbonyl (C=O) groups is 1. The van der Waals surface area contributed by atoms with Crippen LogP contribution in [-0.4, -0.2) is 27.3 Å². The summed E-state index contributed by atoms with van der Waals surface area (Å²) in [7, 11) is 0. The van der Waals surface area contributed by atoms with E-state index in [0.717, 1.165) is 17.7 Å². The molecule has 0 radical (unpaired) electrons. The number of aromatic nitrogens is 2. The summed E-state index contributed by atoms with van der Waals surface area (Å²) in [5, 5.41) is 23.2. The molecule has 4 rings (SSSR count). The van der Waals surface area contributed by atoms with Crippen molar-refractivity contribution < 1.29 is 23.9 Å². The molecule has 172 valence electrons. The molecule has 0 bridgehead atoms. The highest BCUT2D eigenvalue weighted by atomic mass is 35.5. The summed E-state index contributed by atoms with van der Waals surface area (Å²) in [5.41, 5.74) is 3.05. The number of hydrogen-bond acceptors (Lipinski definition) is 7. The highest BCUT2D eigenvalue weighted by molar-refractivity contribution is 6.32. The van der Waals surface area contributed by atoms with Crippen molar-refractivity contribution in [1.82, 2.24) is 10.1 Å². The monoisotopic (exact) mass is 477 g/mol. The summed E-state index contributed by atoms with van der Waals surface area (Å²) in [4.78, 5) is 15.9. The van der Waals surface area contributed by atoms with E-state index in [1.807, 2.05) is 13.0 Å². The lowest BCUT2D eigenvalue weighted by molar-refractivity contribution is -0.144. The predicted molar refractivity (Wildman–Crippen MR) is 125 cm³/mol. The van der Waals surface area contributed by atoms with Crippen LogP contribution < -0.4 is 9.47 Å². The molecule has 0 saturated carbocycles. The first kappa shape index (κ1) is 23.1. The summed E-state index contributed by atoms with van der Waals surface area (Å²) >= 11 is 6.25. The number of pyridine rings is 1. The van der Waals surface area contributed by atoms with Gasteiger partial charge in [-0.15, -0.1) is 0 Å². The summed E-state index contributed by atoms with van der Waals surface area (Å²) in [6.45, 7) is 3.47. The molecule has 0 amide bonds. The van der Waals surface area contributed by atoms with E-state index in [1.54, 1.807) is 42.5 Å². The lowest BCUT2D eigenvalue weighted by Crippen LogP contribution is -2.22. The second-order valence-electron chi connectivity index (χ2n) is 7.54. The van der Waals surface area contributed by atoms with Crippen LogP contribution in [0.1, 0.15) is 31.5 Å². The Bertz CT molecular complexity index is 1390. The highest BCUT2D eigenvalue weighted by Crippen LogP contribution is 2.37. The van der Waals surface area contributed by atoms with Gasteiger partial charge in [0.25, 0.3) is 0 Å². The van der Waals surface area contributed by atoms with Gasteiger partial charge in [-0.1, -0.05) is 30.1 Å². The fourth-order valence-corrected chi connectivity index (χ4v) is 3.56. The van der Waals surface area contributed by atoms with E-state index in [9.17, 15) is 4.79 Å². The van der Waals surface area contributed by atoms with E-state index >= 15 is 0 Å². The summed E-state index contributed by atoms with van der Waals surface area (Å²) in [5.74, 6) is 0.0953. The Morgan fingerprint density at radius 1 is 1.24 bits per heavy atom. The molecule has 0 aliphatic heterocycles. The molecule has 1 N–H and O–H groups in total. The molecule has 2 aromatic heterocycles. The lowest BCUT2D eigenvalue weighted by atomic mass is 10.0. The maximum absolute atomic E-state index is 11.2. The molecule has 34 heavy (non-hydrogen) atoms. The maximum atomic E-state index is 11.2. The first-order chi connectivity index (χ1) is 16.4. The van der Waals surface area contributed by atoms with E-state index in [1.165, 1.54) is 6.92 Å². The molecule has 2 heterocycles. The van der Waals surface area contributed by atoms with Crippen molar-refractivity contribution in [2.45, 2.75) is 32.8 Å². The van der Waals surface area contributed by atoms with E-state index < -0.39 is 12.1 Å². The third-order valence-electron chi connectivity index (χ3n) is 5.07. The van der Waals surface area contributed by atoms with E-state index in [0.29, 0.717) is 40.3 Å². The van der Waals surface area contributed by atoms with Gasteiger partial charge >= 0.3 is 5.97 Å². The zero-order valence-corrected chi connectivity index (χ0v) is 19.2. The molecular formula is C25H20ClN3O5. The Kier molecular flexibility index (Phi) is 6.66. The zero-order valence-electron chi connectivity index (χ0n) is 18.4. The smallest absolute Gasteiger partial charge is 0.344 e. The summed E-state index contributed by atoms with van der Waals surface area (Å²) in [6, 6.07) is 15.6. The average Bonchev–Trinajstić information content (AvgIpc) is 3.22. The Morgan fingerprint density at radius 3 is 2.68 bits per heavy atom. The van der Waals surface area contributed by atoms with Gasteiger partial charge in [-0.3, -0.25) is 0 Å². The van der Waals surface area contributed by atoms with Gasteiger partial charge in [-0.25, -0.2) is 9.78 Å². The van der Waals surface area contributed by atoms with Crippen LogP contribution in [0.5, 0.6) is 17.4 Å². The highest BCUT2D eigenvalue weighted by Gasteiger charge is 2.20. The number of nitriles is 1. The number of nitrogens with zero attached hydrogens (tertiary/aromatic N) is 3. The minimum atomic E-state index is -1.10. The number of carboxylic acids is 1. The van der Waals surface area contributed by atoms with Crippen LogP contribution in [0, 0.1) is 11.3 Å². The van der Waals surface area contributed by atoms with Gasteiger partial charge in [-0.05, 0) is 49.7 Å². The number of carboxylic acid groups (broad SMARTS) is 1. The second kappa shape index (κ2) is 9.81. The Hall–Kier alpha value is -4.09. The lowest BCUT2D eigenvalue weighted by Gasteiger charge is -2.12. The normalized spacial score (nSPS) is 11.7. The molecule has 0 aliphatic carbocycles. The average molecular weight is 478 g/mol. The number of rotatable bonds is 8. The standard InChI is InChI=1S/C25H20ClN3O5/c1-3-4-20-17(9-10-23(28-20)33-16-7-5-15(13-27)6-8-16)24-18-11-22(32-14(2)25(30)31)19(26)12-21(18)34-29-24/h5-12,14H,3-4H2,1-2H3,(H,30,31)/t14-/m0/s1. The topological polar surface area (TPSA) is 118 Å². The van der Waals surface area contributed by atoms with Crippen LogP contribution in [0.15, 0.2) is 53.1 Å². The van der Waals surface area contributed by atoms with Crippen molar-refractivity contribution in [1.29, 1.82) is 5.26 Å². The van der Waals surface area contributed by atoms with Crippen LogP contribution in [-0.2, 0) is 11.2 Å². The van der Waals surface area contributed by atoms with Crippen LogP contribution >= 0.6 is 11.6 Å². The molecule has 9 heteroatoms. The third kappa shape index (κ3) is 4.80. The van der Waals surface area contributed by atoms with Crippen molar-refractivity contribution in [3.8, 4) is 34.7 Å². The van der Waals surface area contributed by atoms with Crippen LogP contribution in [0.4, 0.5) is 0 Å². The Morgan fingerprint density at radius 2 is 2.00 bits per heavy atom. The van der Waals surface area contributed by atoms with Gasteiger partial charge in [-0.2, -0.15) is 5.26 Å². The summed E-state index contributed by atoms with van der Waals surface area (Å²) in [6.07, 6.45) is 0.433. The van der Waals surface area contributed by atoms with Crippen LogP contribution in [0.25, 0.3) is 22.2 Å². The fourth-order valence-electron chi connectivity index (χ4n) is 3.36. The molecule has 0 aliphatic rings. The van der Waals surface area contributed by atoms with Crippen LogP contribution in [0.3, 0.4) is 0 Å². The number of aryl methyl sites for hydroxylation is 1. The molecule has 0 unspecified atom stereocenters. The Labute approximate surface area is 200 Å².